The third-order valence-electron chi connectivity index (χ3n) is 3.49. The lowest BCUT2D eigenvalue weighted by atomic mass is 10.1. The summed E-state index contributed by atoms with van der Waals surface area (Å²) in [7, 11) is 3.13. The number of methoxy groups -OCH3 is 2. The molecule has 2 aromatic rings. The zero-order valence-electron chi connectivity index (χ0n) is 13.9. The molecule has 0 heterocycles. The number of rotatable bonds is 6. The summed E-state index contributed by atoms with van der Waals surface area (Å²) in [6.45, 7) is 1.93. The number of aromatic hydroxyl groups is 1. The van der Waals surface area contributed by atoms with Gasteiger partial charge in [-0.3, -0.25) is 4.79 Å². The number of amides is 1. The lowest BCUT2D eigenvalue weighted by molar-refractivity contribution is 0.0952. The molecule has 0 aromatic heterocycles. The maximum atomic E-state index is 12.1. The van der Waals surface area contributed by atoms with Crippen molar-refractivity contribution in [2.45, 2.75) is 13.3 Å². The van der Waals surface area contributed by atoms with Crippen molar-refractivity contribution in [3.05, 3.63) is 53.6 Å². The zero-order chi connectivity index (χ0) is 17.5. The van der Waals surface area contributed by atoms with Crippen LogP contribution in [0.5, 0.6) is 17.2 Å². The molecule has 0 atom stereocenters. The van der Waals surface area contributed by atoms with Crippen LogP contribution < -0.4 is 14.9 Å². The summed E-state index contributed by atoms with van der Waals surface area (Å²) in [5.41, 5.74) is 4.14. The van der Waals surface area contributed by atoms with Crippen LogP contribution in [0, 0.1) is 0 Å². The number of para-hydroxylation sites is 1. The van der Waals surface area contributed by atoms with Gasteiger partial charge in [0.25, 0.3) is 5.91 Å². The van der Waals surface area contributed by atoms with E-state index in [-0.39, 0.29) is 11.3 Å². The Morgan fingerprint density at radius 2 is 1.83 bits per heavy atom. The van der Waals surface area contributed by atoms with Crippen LogP contribution in [0.15, 0.2) is 47.6 Å². The topological polar surface area (TPSA) is 80.2 Å². The summed E-state index contributed by atoms with van der Waals surface area (Å²) in [4.78, 5) is 12.1. The van der Waals surface area contributed by atoms with Gasteiger partial charge in [-0.1, -0.05) is 19.1 Å². The van der Waals surface area contributed by atoms with Gasteiger partial charge in [-0.15, -0.1) is 0 Å². The minimum Gasteiger partial charge on any atom is -0.507 e. The van der Waals surface area contributed by atoms with Crippen LogP contribution in [0.3, 0.4) is 0 Å². The fraction of sp³-hybridized carbons (Fsp3) is 0.222. The lowest BCUT2D eigenvalue weighted by Gasteiger charge is -2.11. The molecule has 0 aliphatic rings. The number of phenolic OH excluding ortho intramolecular Hbond substituents is 1. The number of carbonyl (C=O) groups excluding carboxylic acids is 1. The molecule has 0 saturated heterocycles. The third kappa shape index (κ3) is 3.84. The number of benzene rings is 2. The van der Waals surface area contributed by atoms with Crippen LogP contribution >= 0.6 is 0 Å². The van der Waals surface area contributed by atoms with Crippen molar-refractivity contribution in [2.75, 3.05) is 14.2 Å². The summed E-state index contributed by atoms with van der Waals surface area (Å²) in [6.07, 6.45) is 0.608. The Balaban J connectivity index is 2.23. The van der Waals surface area contributed by atoms with Gasteiger partial charge in [0.05, 0.1) is 25.5 Å². The molecule has 24 heavy (non-hydrogen) atoms. The molecular weight excluding hydrogens is 308 g/mol. The van der Waals surface area contributed by atoms with E-state index in [0.29, 0.717) is 23.6 Å². The largest absolute Gasteiger partial charge is 0.507 e. The van der Waals surface area contributed by atoms with E-state index in [0.717, 1.165) is 5.56 Å². The van der Waals surface area contributed by atoms with E-state index in [9.17, 15) is 9.90 Å². The fourth-order valence-electron chi connectivity index (χ4n) is 2.21. The Morgan fingerprint density at radius 1 is 1.12 bits per heavy atom. The van der Waals surface area contributed by atoms with Crippen molar-refractivity contribution in [2.24, 2.45) is 5.10 Å². The Labute approximate surface area is 140 Å². The number of hydrogen-bond acceptors (Lipinski definition) is 5. The molecule has 0 aliphatic carbocycles. The van der Waals surface area contributed by atoms with E-state index in [1.807, 2.05) is 13.0 Å². The molecule has 0 fully saturated rings. The zero-order valence-corrected chi connectivity index (χ0v) is 13.9. The second-order valence-corrected chi connectivity index (χ2v) is 4.94. The molecule has 6 nitrogen and oxygen atoms in total. The second-order valence-electron chi connectivity index (χ2n) is 4.94. The minimum absolute atomic E-state index is 0.0886. The maximum absolute atomic E-state index is 12.1. The van der Waals surface area contributed by atoms with Crippen molar-refractivity contribution in [1.82, 2.24) is 5.43 Å². The van der Waals surface area contributed by atoms with Crippen molar-refractivity contribution < 1.29 is 19.4 Å². The molecule has 0 unspecified atom stereocenters. The first-order valence-corrected chi connectivity index (χ1v) is 7.48. The minimum atomic E-state index is -0.473. The van der Waals surface area contributed by atoms with E-state index in [1.54, 1.807) is 38.5 Å². The Kier molecular flexibility index (Phi) is 5.78. The SMILES string of the molecule is CC/C(=N/NC(=O)c1ccccc1O)c1ccc(OC)c(OC)c1. The van der Waals surface area contributed by atoms with Crippen LogP contribution in [0.2, 0.25) is 0 Å². The molecule has 2 rings (SSSR count). The van der Waals surface area contributed by atoms with Crippen molar-refractivity contribution in [3.63, 3.8) is 0 Å². The quantitative estimate of drug-likeness (QED) is 0.631. The maximum Gasteiger partial charge on any atom is 0.275 e. The van der Waals surface area contributed by atoms with E-state index < -0.39 is 5.91 Å². The highest BCUT2D eigenvalue weighted by Crippen LogP contribution is 2.28. The molecule has 0 bridgehead atoms. The van der Waals surface area contributed by atoms with Gasteiger partial charge in [0.1, 0.15) is 5.75 Å². The first kappa shape index (κ1) is 17.3. The molecule has 2 N–H and O–H groups in total. The summed E-state index contributed by atoms with van der Waals surface area (Å²) < 4.78 is 10.5. The van der Waals surface area contributed by atoms with Crippen molar-refractivity contribution in [3.8, 4) is 17.2 Å². The highest BCUT2D eigenvalue weighted by atomic mass is 16.5. The second kappa shape index (κ2) is 8.01. The van der Waals surface area contributed by atoms with E-state index in [4.69, 9.17) is 9.47 Å². The first-order chi connectivity index (χ1) is 11.6. The van der Waals surface area contributed by atoms with E-state index in [2.05, 4.69) is 10.5 Å². The van der Waals surface area contributed by atoms with E-state index in [1.165, 1.54) is 12.1 Å². The van der Waals surface area contributed by atoms with Gasteiger partial charge >= 0.3 is 0 Å². The van der Waals surface area contributed by atoms with Gasteiger partial charge in [0, 0.05) is 5.56 Å². The van der Waals surface area contributed by atoms with Gasteiger partial charge in [-0.05, 0) is 36.8 Å². The number of ether oxygens (including phenoxy) is 2. The Hall–Kier alpha value is -3.02. The van der Waals surface area contributed by atoms with Crippen LogP contribution in [0.1, 0.15) is 29.3 Å². The third-order valence-corrected chi connectivity index (χ3v) is 3.49. The van der Waals surface area contributed by atoms with Gasteiger partial charge in [-0.25, -0.2) is 5.43 Å². The highest BCUT2D eigenvalue weighted by molar-refractivity contribution is 6.03. The predicted octanol–water partition coefficient (Wildman–Crippen LogP) is 2.95. The molecule has 6 heteroatoms. The number of phenols is 1. The normalized spacial score (nSPS) is 11.0. The van der Waals surface area contributed by atoms with Gasteiger partial charge in [-0.2, -0.15) is 5.10 Å². The fourth-order valence-corrected chi connectivity index (χ4v) is 2.21. The molecule has 0 radical (unpaired) electrons. The van der Waals surface area contributed by atoms with Gasteiger partial charge in [0.2, 0.25) is 0 Å². The predicted molar refractivity (Wildman–Crippen MR) is 91.9 cm³/mol. The lowest BCUT2D eigenvalue weighted by Crippen LogP contribution is -2.20. The van der Waals surface area contributed by atoms with Crippen LogP contribution in [0.4, 0.5) is 0 Å². The van der Waals surface area contributed by atoms with E-state index >= 15 is 0 Å². The molecular formula is C18H20N2O4. The number of carbonyl (C=O) groups is 1. The summed E-state index contributed by atoms with van der Waals surface area (Å²) in [5, 5.41) is 13.9. The number of hydrazone groups is 1. The smallest absolute Gasteiger partial charge is 0.275 e. The van der Waals surface area contributed by atoms with Gasteiger partial charge in [0.15, 0.2) is 11.5 Å². The number of nitrogens with one attached hydrogen (secondary N) is 1. The molecule has 0 saturated carbocycles. The first-order valence-electron chi connectivity index (χ1n) is 7.48. The standard InChI is InChI=1S/C18H20N2O4/c1-4-14(12-9-10-16(23-2)17(11-12)24-3)19-20-18(22)13-7-5-6-8-15(13)21/h5-11,21H,4H2,1-3H3,(H,20,22)/b19-14-. The monoisotopic (exact) mass is 328 g/mol. The van der Waals surface area contributed by atoms with Crippen LogP contribution in [-0.2, 0) is 0 Å². The van der Waals surface area contributed by atoms with Crippen LogP contribution in [-0.4, -0.2) is 30.9 Å². The van der Waals surface area contributed by atoms with Crippen LogP contribution in [0.25, 0.3) is 0 Å². The summed E-state index contributed by atoms with van der Waals surface area (Å²) in [6, 6.07) is 11.7. The molecule has 1 amide bonds. The number of hydrogen-bond donors (Lipinski definition) is 2. The van der Waals surface area contributed by atoms with Crippen molar-refractivity contribution >= 4 is 11.6 Å². The molecule has 0 aliphatic heterocycles. The molecule has 0 spiro atoms. The molecule has 2 aromatic carbocycles. The Bertz CT molecular complexity index is 756. The Morgan fingerprint density at radius 3 is 2.46 bits per heavy atom. The highest BCUT2D eigenvalue weighted by Gasteiger charge is 2.11. The van der Waals surface area contributed by atoms with Gasteiger partial charge < -0.3 is 14.6 Å². The average molecular weight is 328 g/mol. The average Bonchev–Trinajstić information content (AvgIpc) is 2.62. The van der Waals surface area contributed by atoms with Crippen molar-refractivity contribution in [1.29, 1.82) is 0 Å². The summed E-state index contributed by atoms with van der Waals surface area (Å²) in [5.74, 6) is 0.645. The molecule has 126 valence electrons. The number of nitrogens with zero attached hydrogens (tertiary/aromatic N) is 1. The summed E-state index contributed by atoms with van der Waals surface area (Å²) >= 11 is 0.